The summed E-state index contributed by atoms with van der Waals surface area (Å²) in [6.07, 6.45) is 2.50. The van der Waals surface area contributed by atoms with Crippen molar-refractivity contribution in [3.63, 3.8) is 0 Å². The molecule has 0 saturated carbocycles. The van der Waals surface area contributed by atoms with Crippen molar-refractivity contribution in [2.45, 2.75) is 46.1 Å². The predicted molar refractivity (Wildman–Crippen MR) is 99.9 cm³/mol. The van der Waals surface area contributed by atoms with Crippen LogP contribution in [0.25, 0.3) is 0 Å². The highest BCUT2D eigenvalue weighted by atomic mass is 16.2. The number of amides is 2. The van der Waals surface area contributed by atoms with Gasteiger partial charge in [0.15, 0.2) is 0 Å². The standard InChI is InChI=1S/C20H31N3O2/c1-4-15-5-7-16(8-6-15)19(14(2)3)22-18(24)13-23-11-9-17(10-12-23)20(21)25/h5-8,14,17,19H,4,9-13H2,1-3H3,(H2,21,25)(H,22,24)/t19-/m1/s1. The zero-order valence-corrected chi connectivity index (χ0v) is 15.6. The first kappa shape index (κ1) is 19.4. The van der Waals surface area contributed by atoms with Crippen molar-refractivity contribution in [2.24, 2.45) is 17.6 Å². The highest BCUT2D eigenvalue weighted by Crippen LogP contribution is 2.22. The van der Waals surface area contributed by atoms with E-state index in [0.717, 1.165) is 37.9 Å². The molecule has 2 rings (SSSR count). The number of hydrogen-bond donors (Lipinski definition) is 2. The molecular weight excluding hydrogens is 314 g/mol. The minimum atomic E-state index is -0.223. The number of piperidine rings is 1. The molecule has 138 valence electrons. The molecular formula is C20H31N3O2. The molecule has 0 spiro atoms. The molecule has 1 heterocycles. The Labute approximate surface area is 151 Å². The summed E-state index contributed by atoms with van der Waals surface area (Å²) < 4.78 is 0. The monoisotopic (exact) mass is 345 g/mol. The average molecular weight is 345 g/mol. The number of carbonyl (C=O) groups is 2. The van der Waals surface area contributed by atoms with Gasteiger partial charge in [-0.3, -0.25) is 14.5 Å². The fourth-order valence-electron chi connectivity index (χ4n) is 3.39. The van der Waals surface area contributed by atoms with E-state index in [4.69, 9.17) is 5.73 Å². The van der Waals surface area contributed by atoms with Gasteiger partial charge in [0.05, 0.1) is 12.6 Å². The third kappa shape index (κ3) is 5.56. The Morgan fingerprint density at radius 2 is 1.80 bits per heavy atom. The quantitative estimate of drug-likeness (QED) is 0.796. The Balaban J connectivity index is 1.91. The number of benzene rings is 1. The molecule has 1 aromatic rings. The molecule has 25 heavy (non-hydrogen) atoms. The Bertz CT molecular complexity index is 575. The molecule has 1 saturated heterocycles. The van der Waals surface area contributed by atoms with Crippen LogP contribution in [0.15, 0.2) is 24.3 Å². The van der Waals surface area contributed by atoms with E-state index >= 15 is 0 Å². The summed E-state index contributed by atoms with van der Waals surface area (Å²) in [5, 5.41) is 3.18. The summed E-state index contributed by atoms with van der Waals surface area (Å²) in [6.45, 7) is 8.26. The second-order valence-electron chi connectivity index (χ2n) is 7.34. The van der Waals surface area contributed by atoms with Crippen LogP contribution >= 0.6 is 0 Å². The Morgan fingerprint density at radius 1 is 1.20 bits per heavy atom. The van der Waals surface area contributed by atoms with E-state index in [9.17, 15) is 9.59 Å². The summed E-state index contributed by atoms with van der Waals surface area (Å²) >= 11 is 0. The van der Waals surface area contributed by atoms with E-state index in [1.54, 1.807) is 0 Å². The summed E-state index contributed by atoms with van der Waals surface area (Å²) in [6, 6.07) is 8.50. The van der Waals surface area contributed by atoms with Gasteiger partial charge in [0, 0.05) is 5.92 Å². The fraction of sp³-hybridized carbons (Fsp3) is 0.600. The number of aryl methyl sites for hydroxylation is 1. The predicted octanol–water partition coefficient (Wildman–Crippen LogP) is 2.26. The largest absolute Gasteiger partial charge is 0.369 e. The van der Waals surface area contributed by atoms with Crippen molar-refractivity contribution < 1.29 is 9.59 Å². The molecule has 0 radical (unpaired) electrons. The minimum absolute atomic E-state index is 0.0153. The summed E-state index contributed by atoms with van der Waals surface area (Å²) in [7, 11) is 0. The Hall–Kier alpha value is -1.88. The van der Waals surface area contributed by atoms with Gasteiger partial charge in [0.25, 0.3) is 0 Å². The van der Waals surface area contributed by atoms with Gasteiger partial charge in [-0.1, -0.05) is 45.0 Å². The molecule has 1 aliphatic rings. The molecule has 1 aromatic carbocycles. The maximum Gasteiger partial charge on any atom is 0.234 e. The van der Waals surface area contributed by atoms with E-state index in [1.807, 2.05) is 0 Å². The Kier molecular flexibility index (Phi) is 7.00. The van der Waals surface area contributed by atoms with Gasteiger partial charge < -0.3 is 11.1 Å². The lowest BCUT2D eigenvalue weighted by atomic mass is 9.94. The van der Waals surface area contributed by atoms with Crippen LogP contribution in [0.1, 0.15) is 50.8 Å². The molecule has 2 amide bonds. The highest BCUT2D eigenvalue weighted by Gasteiger charge is 2.25. The van der Waals surface area contributed by atoms with Crippen molar-refractivity contribution in [3.05, 3.63) is 35.4 Å². The van der Waals surface area contributed by atoms with Crippen molar-refractivity contribution >= 4 is 11.8 Å². The van der Waals surface area contributed by atoms with E-state index in [1.165, 1.54) is 5.56 Å². The lowest BCUT2D eigenvalue weighted by Gasteiger charge is -2.31. The number of nitrogens with one attached hydrogen (secondary N) is 1. The number of hydrogen-bond acceptors (Lipinski definition) is 3. The van der Waals surface area contributed by atoms with Crippen molar-refractivity contribution in [3.8, 4) is 0 Å². The van der Waals surface area contributed by atoms with Crippen LogP contribution in [0.2, 0.25) is 0 Å². The van der Waals surface area contributed by atoms with Gasteiger partial charge >= 0.3 is 0 Å². The number of carbonyl (C=O) groups excluding carboxylic acids is 2. The molecule has 1 aliphatic heterocycles. The first-order valence-corrected chi connectivity index (χ1v) is 9.30. The zero-order valence-electron chi connectivity index (χ0n) is 15.6. The summed E-state index contributed by atoms with van der Waals surface area (Å²) in [5.74, 6) is 0.0899. The molecule has 0 aliphatic carbocycles. The lowest BCUT2D eigenvalue weighted by Crippen LogP contribution is -2.44. The molecule has 5 nitrogen and oxygen atoms in total. The number of primary amides is 1. The number of rotatable bonds is 7. The average Bonchev–Trinajstić information content (AvgIpc) is 2.60. The van der Waals surface area contributed by atoms with Crippen LogP contribution in [0.4, 0.5) is 0 Å². The molecule has 0 bridgehead atoms. The lowest BCUT2D eigenvalue weighted by molar-refractivity contribution is -0.124. The molecule has 0 unspecified atom stereocenters. The first-order valence-electron chi connectivity index (χ1n) is 9.30. The molecule has 1 atom stereocenters. The molecule has 5 heteroatoms. The smallest absolute Gasteiger partial charge is 0.234 e. The van der Waals surface area contributed by atoms with E-state index in [2.05, 4.69) is 55.3 Å². The van der Waals surface area contributed by atoms with Crippen molar-refractivity contribution in [2.75, 3.05) is 19.6 Å². The van der Waals surface area contributed by atoms with Gasteiger partial charge in [-0.05, 0) is 49.4 Å². The number of nitrogens with zero attached hydrogens (tertiary/aromatic N) is 1. The second kappa shape index (κ2) is 8.99. The van der Waals surface area contributed by atoms with Crippen LogP contribution in [0.3, 0.4) is 0 Å². The Morgan fingerprint density at radius 3 is 2.28 bits per heavy atom. The van der Waals surface area contributed by atoms with Gasteiger partial charge in [0.2, 0.25) is 11.8 Å². The van der Waals surface area contributed by atoms with Gasteiger partial charge in [-0.15, -0.1) is 0 Å². The molecule has 3 N–H and O–H groups in total. The van der Waals surface area contributed by atoms with Crippen LogP contribution < -0.4 is 11.1 Å². The third-order valence-corrected chi connectivity index (χ3v) is 5.09. The maximum atomic E-state index is 12.5. The van der Waals surface area contributed by atoms with Gasteiger partial charge in [-0.25, -0.2) is 0 Å². The van der Waals surface area contributed by atoms with E-state index < -0.39 is 0 Å². The normalized spacial score (nSPS) is 17.4. The van der Waals surface area contributed by atoms with Crippen molar-refractivity contribution in [1.82, 2.24) is 10.2 Å². The second-order valence-corrected chi connectivity index (χ2v) is 7.34. The highest BCUT2D eigenvalue weighted by molar-refractivity contribution is 5.79. The SMILES string of the molecule is CCc1ccc([C@H](NC(=O)CN2CCC(C(N)=O)CC2)C(C)C)cc1. The van der Waals surface area contributed by atoms with Gasteiger partial charge in [0.1, 0.15) is 0 Å². The van der Waals surface area contributed by atoms with E-state index in [-0.39, 0.29) is 23.8 Å². The van der Waals surface area contributed by atoms with Crippen molar-refractivity contribution in [1.29, 1.82) is 0 Å². The fourth-order valence-corrected chi connectivity index (χ4v) is 3.39. The summed E-state index contributed by atoms with van der Waals surface area (Å²) in [5.41, 5.74) is 7.81. The van der Waals surface area contributed by atoms with Gasteiger partial charge in [-0.2, -0.15) is 0 Å². The number of likely N-dealkylation sites (tertiary alicyclic amines) is 1. The minimum Gasteiger partial charge on any atom is -0.369 e. The number of nitrogens with two attached hydrogens (primary N) is 1. The third-order valence-electron chi connectivity index (χ3n) is 5.09. The topological polar surface area (TPSA) is 75.4 Å². The van der Waals surface area contributed by atoms with Crippen LogP contribution in [-0.4, -0.2) is 36.3 Å². The summed E-state index contributed by atoms with van der Waals surface area (Å²) in [4.78, 5) is 25.8. The van der Waals surface area contributed by atoms with Crippen LogP contribution in [-0.2, 0) is 16.0 Å². The molecule has 0 aromatic heterocycles. The van der Waals surface area contributed by atoms with E-state index in [0.29, 0.717) is 12.5 Å². The zero-order chi connectivity index (χ0) is 18.4. The maximum absolute atomic E-state index is 12.5. The molecule has 1 fully saturated rings. The first-order chi connectivity index (χ1) is 11.9. The van der Waals surface area contributed by atoms with Crippen LogP contribution in [0.5, 0.6) is 0 Å². The van der Waals surface area contributed by atoms with Crippen LogP contribution in [0, 0.1) is 11.8 Å².